The molecule has 0 aliphatic carbocycles. The Bertz CT molecular complexity index is 984. The van der Waals surface area contributed by atoms with Gasteiger partial charge in [-0.3, -0.25) is 9.10 Å². The van der Waals surface area contributed by atoms with E-state index in [1.54, 1.807) is 38.1 Å². The van der Waals surface area contributed by atoms with Crippen LogP contribution in [-0.4, -0.2) is 32.2 Å². The van der Waals surface area contributed by atoms with Gasteiger partial charge in [0.15, 0.2) is 0 Å². The number of anilines is 1. The molecule has 7 heteroatoms. The van der Waals surface area contributed by atoms with Gasteiger partial charge in [-0.05, 0) is 58.0 Å². The van der Waals surface area contributed by atoms with Gasteiger partial charge in [-0.15, -0.1) is 0 Å². The van der Waals surface area contributed by atoms with E-state index < -0.39 is 10.0 Å². The lowest BCUT2D eigenvalue weighted by molar-refractivity contribution is 0.0619. The molecular formula is C22H28N2O4S. The average molecular weight is 417 g/mol. The number of benzene rings is 2. The predicted molar refractivity (Wildman–Crippen MR) is 115 cm³/mol. The summed E-state index contributed by atoms with van der Waals surface area (Å²) in [6, 6.07) is 14.2. The highest BCUT2D eigenvalue weighted by Crippen LogP contribution is 2.39. The van der Waals surface area contributed by atoms with Crippen LogP contribution in [0.1, 0.15) is 56.1 Å². The van der Waals surface area contributed by atoms with Crippen LogP contribution in [0.5, 0.6) is 5.75 Å². The first kappa shape index (κ1) is 21.2. The molecular weight excluding hydrogens is 388 g/mol. The van der Waals surface area contributed by atoms with Crippen molar-refractivity contribution in [3.05, 3.63) is 59.7 Å². The van der Waals surface area contributed by atoms with E-state index in [1.165, 1.54) is 4.31 Å². The zero-order chi connectivity index (χ0) is 21.2. The summed E-state index contributed by atoms with van der Waals surface area (Å²) in [5, 5.41) is 3.10. The Morgan fingerprint density at radius 2 is 1.79 bits per heavy atom. The van der Waals surface area contributed by atoms with Crippen molar-refractivity contribution in [2.75, 3.05) is 16.6 Å². The number of nitrogens with one attached hydrogen (secondary N) is 1. The number of sulfonamides is 1. The molecule has 0 radical (unpaired) electrons. The van der Waals surface area contributed by atoms with Crippen molar-refractivity contribution < 1.29 is 17.9 Å². The van der Waals surface area contributed by atoms with Crippen LogP contribution in [0.2, 0.25) is 0 Å². The van der Waals surface area contributed by atoms with Gasteiger partial charge in [-0.2, -0.15) is 0 Å². The molecule has 29 heavy (non-hydrogen) atoms. The molecule has 1 aliphatic heterocycles. The van der Waals surface area contributed by atoms with E-state index in [0.717, 1.165) is 11.3 Å². The number of rotatable bonds is 6. The van der Waals surface area contributed by atoms with Gasteiger partial charge in [0.2, 0.25) is 10.0 Å². The maximum Gasteiger partial charge on any atom is 0.251 e. The number of fused-ring (bicyclic) bond motifs is 1. The number of hydrogen-bond acceptors (Lipinski definition) is 4. The second-order valence-electron chi connectivity index (χ2n) is 7.74. The fourth-order valence-electron chi connectivity index (χ4n) is 3.65. The molecule has 0 aromatic heterocycles. The standard InChI is InChI=1S/C22H28N2O4S/c1-5-24(29(26,27)6-2)17-13-11-16(12-14-17)21(25)23-19-15-22(3,4)28-20-10-8-7-9-18(19)20/h7-14,19H,5-6,15H2,1-4H3,(H,23,25)/t19-/m1/s1. The van der Waals surface area contributed by atoms with Gasteiger partial charge in [0, 0.05) is 24.1 Å². The Kier molecular flexibility index (Phi) is 5.89. The summed E-state index contributed by atoms with van der Waals surface area (Å²) in [5.74, 6) is 0.616. The van der Waals surface area contributed by atoms with Crippen LogP contribution in [-0.2, 0) is 10.0 Å². The summed E-state index contributed by atoms with van der Waals surface area (Å²) < 4.78 is 31.8. The Morgan fingerprint density at radius 1 is 1.14 bits per heavy atom. The maximum absolute atomic E-state index is 12.9. The third kappa shape index (κ3) is 4.56. The van der Waals surface area contributed by atoms with E-state index in [1.807, 2.05) is 38.1 Å². The summed E-state index contributed by atoms with van der Waals surface area (Å²) in [4.78, 5) is 12.9. The molecule has 2 aromatic rings. The summed E-state index contributed by atoms with van der Waals surface area (Å²) >= 11 is 0. The fraction of sp³-hybridized carbons (Fsp3) is 0.409. The van der Waals surface area contributed by atoms with Gasteiger partial charge in [0.25, 0.3) is 5.91 Å². The van der Waals surface area contributed by atoms with Gasteiger partial charge in [-0.25, -0.2) is 8.42 Å². The van der Waals surface area contributed by atoms with Crippen LogP contribution in [0.4, 0.5) is 5.69 Å². The lowest BCUT2D eigenvalue weighted by Gasteiger charge is -2.37. The van der Waals surface area contributed by atoms with Crippen molar-refractivity contribution in [3.8, 4) is 5.75 Å². The van der Waals surface area contributed by atoms with Crippen LogP contribution >= 0.6 is 0 Å². The minimum Gasteiger partial charge on any atom is -0.487 e. The van der Waals surface area contributed by atoms with E-state index in [4.69, 9.17) is 4.74 Å². The van der Waals surface area contributed by atoms with Crippen LogP contribution in [0.3, 0.4) is 0 Å². The van der Waals surface area contributed by atoms with Crippen molar-refractivity contribution in [1.82, 2.24) is 5.32 Å². The Hall–Kier alpha value is -2.54. The molecule has 0 bridgehead atoms. The van der Waals surface area contributed by atoms with Crippen molar-refractivity contribution in [3.63, 3.8) is 0 Å². The number of carbonyl (C=O) groups excluding carboxylic acids is 1. The zero-order valence-corrected chi connectivity index (χ0v) is 18.1. The number of amides is 1. The van der Waals surface area contributed by atoms with Crippen LogP contribution in [0.25, 0.3) is 0 Å². The molecule has 0 fully saturated rings. The van der Waals surface area contributed by atoms with E-state index >= 15 is 0 Å². The number of nitrogens with zero attached hydrogens (tertiary/aromatic N) is 1. The molecule has 156 valence electrons. The van der Waals surface area contributed by atoms with E-state index in [2.05, 4.69) is 5.32 Å². The van der Waals surface area contributed by atoms with E-state index in [-0.39, 0.29) is 23.3 Å². The zero-order valence-electron chi connectivity index (χ0n) is 17.3. The largest absolute Gasteiger partial charge is 0.487 e. The minimum absolute atomic E-state index is 0.0298. The lowest BCUT2D eigenvalue weighted by Crippen LogP contribution is -2.41. The summed E-state index contributed by atoms with van der Waals surface area (Å²) in [6.45, 7) is 7.76. The highest BCUT2D eigenvalue weighted by molar-refractivity contribution is 7.92. The molecule has 1 amide bonds. The Balaban J connectivity index is 1.80. The van der Waals surface area contributed by atoms with Gasteiger partial charge in [0.1, 0.15) is 11.4 Å². The SMILES string of the molecule is CCN(c1ccc(C(=O)N[C@@H]2CC(C)(C)Oc3ccccc32)cc1)S(=O)(=O)CC. The topological polar surface area (TPSA) is 75.7 Å². The Morgan fingerprint density at radius 3 is 2.41 bits per heavy atom. The highest BCUT2D eigenvalue weighted by atomic mass is 32.2. The van der Waals surface area contributed by atoms with E-state index in [9.17, 15) is 13.2 Å². The molecule has 3 rings (SSSR count). The number of carbonyl (C=O) groups is 1. The van der Waals surface area contributed by atoms with Gasteiger partial charge >= 0.3 is 0 Å². The normalized spacial score (nSPS) is 17.7. The summed E-state index contributed by atoms with van der Waals surface area (Å²) in [7, 11) is -3.35. The quantitative estimate of drug-likeness (QED) is 0.775. The molecule has 1 heterocycles. The second-order valence-corrected chi connectivity index (χ2v) is 9.92. The first-order chi connectivity index (χ1) is 13.7. The molecule has 0 saturated carbocycles. The molecule has 0 unspecified atom stereocenters. The number of ether oxygens (including phenoxy) is 1. The number of para-hydroxylation sites is 1. The summed E-state index contributed by atoms with van der Waals surface area (Å²) in [6.07, 6.45) is 0.659. The third-order valence-electron chi connectivity index (χ3n) is 5.09. The molecule has 1 atom stereocenters. The molecule has 1 N–H and O–H groups in total. The van der Waals surface area contributed by atoms with Crippen LogP contribution in [0, 0.1) is 0 Å². The first-order valence-corrected chi connectivity index (χ1v) is 11.5. The fourth-order valence-corrected chi connectivity index (χ4v) is 4.80. The summed E-state index contributed by atoms with van der Waals surface area (Å²) in [5.41, 5.74) is 1.62. The predicted octanol–water partition coefficient (Wildman–Crippen LogP) is 3.89. The van der Waals surface area contributed by atoms with Crippen molar-refractivity contribution in [2.45, 2.75) is 45.8 Å². The van der Waals surface area contributed by atoms with Crippen molar-refractivity contribution in [1.29, 1.82) is 0 Å². The van der Waals surface area contributed by atoms with Crippen molar-refractivity contribution >= 4 is 21.6 Å². The average Bonchev–Trinajstić information content (AvgIpc) is 2.68. The minimum atomic E-state index is -3.35. The van der Waals surface area contributed by atoms with Crippen LogP contribution < -0.4 is 14.4 Å². The molecule has 0 saturated heterocycles. The lowest BCUT2D eigenvalue weighted by atomic mass is 9.89. The van der Waals surface area contributed by atoms with Gasteiger partial charge in [-0.1, -0.05) is 18.2 Å². The number of hydrogen-bond donors (Lipinski definition) is 1. The maximum atomic E-state index is 12.9. The molecule has 6 nitrogen and oxygen atoms in total. The van der Waals surface area contributed by atoms with Gasteiger partial charge in [0.05, 0.1) is 17.5 Å². The van der Waals surface area contributed by atoms with Gasteiger partial charge < -0.3 is 10.1 Å². The molecule has 2 aromatic carbocycles. The third-order valence-corrected chi connectivity index (χ3v) is 6.96. The smallest absolute Gasteiger partial charge is 0.251 e. The molecule has 0 spiro atoms. The highest BCUT2D eigenvalue weighted by Gasteiger charge is 2.34. The van der Waals surface area contributed by atoms with E-state index in [0.29, 0.717) is 24.2 Å². The molecule has 1 aliphatic rings. The Labute approximate surface area is 172 Å². The van der Waals surface area contributed by atoms with Crippen molar-refractivity contribution in [2.24, 2.45) is 0 Å². The monoisotopic (exact) mass is 416 g/mol. The first-order valence-electron chi connectivity index (χ1n) is 9.86. The van der Waals surface area contributed by atoms with Crippen LogP contribution in [0.15, 0.2) is 48.5 Å². The second kappa shape index (κ2) is 8.06.